The highest BCUT2D eigenvalue weighted by Crippen LogP contribution is 2.06. The fraction of sp³-hybridized carbons (Fsp3) is 0.562. The first-order valence-electron chi connectivity index (χ1n) is 8.03. The van der Waals surface area contributed by atoms with E-state index in [1.54, 1.807) is 18.2 Å². The Hall–Kier alpha value is -1.44. The van der Waals surface area contributed by atoms with Gasteiger partial charge in [-0.2, -0.15) is 0 Å². The number of amides is 1. The van der Waals surface area contributed by atoms with Gasteiger partial charge in [0.1, 0.15) is 0 Å². The number of carbonyl (C=O) groups is 1. The Morgan fingerprint density at radius 1 is 1.09 bits per heavy atom. The number of nitrogens with zero attached hydrogens (tertiary/aromatic N) is 1. The maximum atomic E-state index is 12.0. The maximum Gasteiger partial charge on any atom is 0.240 e. The van der Waals surface area contributed by atoms with Gasteiger partial charge in [-0.15, -0.1) is 0 Å². The SMILES string of the molecule is CCN(CC)CCCNC(=O)CCNS(=O)(=O)c1ccccc1. The van der Waals surface area contributed by atoms with E-state index in [0.717, 1.165) is 26.1 Å². The van der Waals surface area contributed by atoms with E-state index >= 15 is 0 Å². The second-order valence-corrected chi connectivity index (χ2v) is 6.96. The molecule has 0 radical (unpaired) electrons. The van der Waals surface area contributed by atoms with Crippen molar-refractivity contribution in [2.24, 2.45) is 0 Å². The fourth-order valence-corrected chi connectivity index (χ4v) is 3.19. The van der Waals surface area contributed by atoms with Gasteiger partial charge in [0.05, 0.1) is 4.90 Å². The molecule has 1 aromatic rings. The first kappa shape index (κ1) is 19.6. The molecule has 7 heteroatoms. The third kappa shape index (κ3) is 7.58. The average molecular weight is 341 g/mol. The van der Waals surface area contributed by atoms with E-state index in [1.807, 2.05) is 0 Å². The molecule has 0 saturated carbocycles. The van der Waals surface area contributed by atoms with E-state index in [-0.39, 0.29) is 23.8 Å². The Morgan fingerprint density at radius 3 is 2.35 bits per heavy atom. The molecule has 0 atom stereocenters. The van der Waals surface area contributed by atoms with E-state index in [0.29, 0.717) is 6.54 Å². The summed E-state index contributed by atoms with van der Waals surface area (Å²) < 4.78 is 26.4. The smallest absolute Gasteiger partial charge is 0.240 e. The predicted octanol–water partition coefficient (Wildman–Crippen LogP) is 1.20. The molecule has 0 aliphatic rings. The molecular weight excluding hydrogens is 314 g/mol. The summed E-state index contributed by atoms with van der Waals surface area (Å²) in [5.74, 6) is -0.139. The van der Waals surface area contributed by atoms with Crippen LogP contribution in [0.4, 0.5) is 0 Å². The third-order valence-electron chi connectivity index (χ3n) is 3.57. The zero-order valence-electron chi connectivity index (χ0n) is 13.9. The minimum Gasteiger partial charge on any atom is -0.356 e. The van der Waals surface area contributed by atoms with Crippen molar-refractivity contribution in [3.05, 3.63) is 30.3 Å². The van der Waals surface area contributed by atoms with Crippen LogP contribution >= 0.6 is 0 Å². The van der Waals surface area contributed by atoms with Gasteiger partial charge in [0.15, 0.2) is 0 Å². The summed E-state index contributed by atoms with van der Waals surface area (Å²) in [6.45, 7) is 7.90. The van der Waals surface area contributed by atoms with E-state index in [1.165, 1.54) is 12.1 Å². The highest BCUT2D eigenvalue weighted by molar-refractivity contribution is 7.89. The third-order valence-corrected chi connectivity index (χ3v) is 5.04. The Kier molecular flexibility index (Phi) is 8.83. The van der Waals surface area contributed by atoms with E-state index in [9.17, 15) is 13.2 Å². The molecule has 130 valence electrons. The zero-order chi connectivity index (χ0) is 17.1. The minimum atomic E-state index is -3.54. The van der Waals surface area contributed by atoms with Gasteiger partial charge in [0, 0.05) is 19.5 Å². The van der Waals surface area contributed by atoms with Gasteiger partial charge in [-0.05, 0) is 38.2 Å². The summed E-state index contributed by atoms with van der Waals surface area (Å²) in [6.07, 6.45) is 1.03. The van der Waals surface area contributed by atoms with E-state index < -0.39 is 10.0 Å². The van der Waals surface area contributed by atoms with Crippen LogP contribution < -0.4 is 10.0 Å². The van der Waals surface area contributed by atoms with Crippen molar-refractivity contribution in [1.82, 2.24) is 14.9 Å². The summed E-state index contributed by atoms with van der Waals surface area (Å²) in [7, 11) is -3.54. The maximum absolute atomic E-state index is 12.0. The highest BCUT2D eigenvalue weighted by Gasteiger charge is 2.13. The molecule has 0 saturated heterocycles. The first-order chi connectivity index (χ1) is 11.0. The lowest BCUT2D eigenvalue weighted by atomic mass is 10.3. The standard InChI is InChI=1S/C16H27N3O3S/c1-3-19(4-2)14-8-12-17-16(20)11-13-18-23(21,22)15-9-6-5-7-10-15/h5-7,9-10,18H,3-4,8,11-14H2,1-2H3,(H,17,20). The molecule has 23 heavy (non-hydrogen) atoms. The molecule has 0 fully saturated rings. The molecule has 0 aliphatic heterocycles. The molecule has 0 unspecified atom stereocenters. The second-order valence-electron chi connectivity index (χ2n) is 5.19. The van der Waals surface area contributed by atoms with E-state index in [2.05, 4.69) is 28.8 Å². The number of nitrogens with one attached hydrogen (secondary N) is 2. The van der Waals surface area contributed by atoms with Crippen LogP contribution in [0.3, 0.4) is 0 Å². The van der Waals surface area contributed by atoms with Crippen LogP contribution in [-0.2, 0) is 14.8 Å². The molecule has 0 bridgehead atoms. The molecule has 1 amide bonds. The van der Waals surface area contributed by atoms with Gasteiger partial charge in [0.2, 0.25) is 15.9 Å². The number of hydrogen-bond acceptors (Lipinski definition) is 4. The van der Waals surface area contributed by atoms with Crippen LogP contribution in [0.15, 0.2) is 35.2 Å². The fourth-order valence-electron chi connectivity index (χ4n) is 2.14. The molecule has 0 aliphatic carbocycles. The topological polar surface area (TPSA) is 78.5 Å². The normalized spacial score (nSPS) is 11.6. The van der Waals surface area contributed by atoms with Gasteiger partial charge in [-0.25, -0.2) is 13.1 Å². The van der Waals surface area contributed by atoms with Crippen molar-refractivity contribution < 1.29 is 13.2 Å². The van der Waals surface area contributed by atoms with Crippen molar-refractivity contribution in [3.63, 3.8) is 0 Å². The summed E-state index contributed by atoms with van der Waals surface area (Å²) in [6, 6.07) is 8.13. The number of carbonyl (C=O) groups excluding carboxylic acids is 1. The van der Waals surface area contributed by atoms with Crippen LogP contribution in [0.5, 0.6) is 0 Å². The van der Waals surface area contributed by atoms with Crippen LogP contribution in [0.1, 0.15) is 26.7 Å². The van der Waals surface area contributed by atoms with Crippen LogP contribution in [-0.4, -0.2) is 51.9 Å². The Bertz CT molecular complexity index is 557. The molecule has 0 spiro atoms. The van der Waals surface area contributed by atoms with Crippen LogP contribution in [0.25, 0.3) is 0 Å². The van der Waals surface area contributed by atoms with Crippen LogP contribution in [0, 0.1) is 0 Å². The molecular formula is C16H27N3O3S. The number of rotatable bonds is 11. The van der Waals surface area contributed by atoms with Crippen molar-refractivity contribution in [3.8, 4) is 0 Å². The quantitative estimate of drug-likeness (QED) is 0.593. The largest absolute Gasteiger partial charge is 0.356 e. The van der Waals surface area contributed by atoms with Crippen molar-refractivity contribution in [2.45, 2.75) is 31.6 Å². The lowest BCUT2D eigenvalue weighted by Crippen LogP contribution is -2.32. The van der Waals surface area contributed by atoms with Gasteiger partial charge in [-0.1, -0.05) is 32.0 Å². The number of hydrogen-bond donors (Lipinski definition) is 2. The summed E-state index contributed by atoms with van der Waals surface area (Å²) in [5, 5.41) is 2.81. The second kappa shape index (κ2) is 10.4. The lowest BCUT2D eigenvalue weighted by molar-refractivity contribution is -0.120. The monoisotopic (exact) mass is 341 g/mol. The molecule has 0 aromatic heterocycles. The predicted molar refractivity (Wildman–Crippen MR) is 91.7 cm³/mol. The summed E-state index contributed by atoms with van der Waals surface area (Å²) in [5.41, 5.74) is 0. The average Bonchev–Trinajstić information content (AvgIpc) is 2.55. The van der Waals surface area contributed by atoms with E-state index in [4.69, 9.17) is 0 Å². The van der Waals surface area contributed by atoms with Crippen LogP contribution in [0.2, 0.25) is 0 Å². The molecule has 1 aromatic carbocycles. The Balaban J connectivity index is 2.22. The molecule has 1 rings (SSSR count). The lowest BCUT2D eigenvalue weighted by Gasteiger charge is -2.17. The zero-order valence-corrected chi connectivity index (χ0v) is 14.7. The number of sulfonamides is 1. The molecule has 6 nitrogen and oxygen atoms in total. The summed E-state index contributed by atoms with van der Waals surface area (Å²) in [4.78, 5) is 14.2. The highest BCUT2D eigenvalue weighted by atomic mass is 32.2. The van der Waals surface area contributed by atoms with Crippen molar-refractivity contribution >= 4 is 15.9 Å². The van der Waals surface area contributed by atoms with Gasteiger partial charge < -0.3 is 10.2 Å². The molecule has 0 heterocycles. The van der Waals surface area contributed by atoms with Gasteiger partial charge in [0.25, 0.3) is 0 Å². The van der Waals surface area contributed by atoms with Crippen molar-refractivity contribution in [2.75, 3.05) is 32.7 Å². The minimum absolute atomic E-state index is 0.0963. The Labute approximate surface area is 139 Å². The van der Waals surface area contributed by atoms with Gasteiger partial charge >= 0.3 is 0 Å². The van der Waals surface area contributed by atoms with Gasteiger partial charge in [-0.3, -0.25) is 4.79 Å². The molecule has 2 N–H and O–H groups in total. The number of benzene rings is 1. The first-order valence-corrected chi connectivity index (χ1v) is 9.51. The van der Waals surface area contributed by atoms with Crippen molar-refractivity contribution in [1.29, 1.82) is 0 Å². The summed E-state index contributed by atoms with van der Waals surface area (Å²) >= 11 is 0. The Morgan fingerprint density at radius 2 is 1.74 bits per heavy atom.